The van der Waals surface area contributed by atoms with E-state index in [1.54, 1.807) is 0 Å². The fourth-order valence-electron chi connectivity index (χ4n) is 2.45. The Hall–Kier alpha value is -1.38. The minimum absolute atomic E-state index is 0.399. The van der Waals surface area contributed by atoms with E-state index in [1.807, 2.05) is 18.3 Å². The molecule has 1 heterocycles. The van der Waals surface area contributed by atoms with Gasteiger partial charge in [-0.25, -0.2) is 0 Å². The van der Waals surface area contributed by atoms with E-state index in [-0.39, 0.29) is 0 Å². The van der Waals surface area contributed by atoms with E-state index in [0.29, 0.717) is 6.04 Å². The van der Waals surface area contributed by atoms with E-state index < -0.39 is 0 Å². The standard InChI is InChI=1S/C18H23ClN2/c1-3-14-7-10-17(21-13-14)12-18(20-4-2)11-15-5-8-16(19)9-6-15/h5-10,13,18,20H,3-4,11-12H2,1-2H3. The molecule has 1 unspecified atom stereocenters. The molecule has 0 amide bonds. The van der Waals surface area contributed by atoms with Gasteiger partial charge in [0.25, 0.3) is 0 Å². The van der Waals surface area contributed by atoms with Crippen molar-refractivity contribution in [2.24, 2.45) is 0 Å². The molecule has 0 bridgehead atoms. The topological polar surface area (TPSA) is 24.9 Å². The van der Waals surface area contributed by atoms with Crippen molar-refractivity contribution in [3.05, 3.63) is 64.4 Å². The van der Waals surface area contributed by atoms with Crippen molar-refractivity contribution in [3.63, 3.8) is 0 Å². The predicted octanol–water partition coefficient (Wildman–Crippen LogP) is 4.06. The molecule has 112 valence electrons. The monoisotopic (exact) mass is 302 g/mol. The number of likely N-dealkylation sites (N-methyl/N-ethyl adjacent to an activating group) is 1. The maximum atomic E-state index is 5.94. The van der Waals surface area contributed by atoms with Crippen molar-refractivity contribution < 1.29 is 0 Å². The highest BCUT2D eigenvalue weighted by atomic mass is 35.5. The molecule has 0 saturated heterocycles. The van der Waals surface area contributed by atoms with E-state index in [9.17, 15) is 0 Å². The normalized spacial score (nSPS) is 12.3. The fourth-order valence-corrected chi connectivity index (χ4v) is 2.57. The van der Waals surface area contributed by atoms with Gasteiger partial charge in [0.1, 0.15) is 0 Å². The van der Waals surface area contributed by atoms with E-state index >= 15 is 0 Å². The van der Waals surface area contributed by atoms with Gasteiger partial charge in [-0.05, 0) is 48.7 Å². The summed E-state index contributed by atoms with van der Waals surface area (Å²) in [6.07, 6.45) is 4.96. The first kappa shape index (κ1) is 16.0. The van der Waals surface area contributed by atoms with E-state index in [4.69, 9.17) is 11.6 Å². The summed E-state index contributed by atoms with van der Waals surface area (Å²) in [6.45, 7) is 5.26. The summed E-state index contributed by atoms with van der Waals surface area (Å²) >= 11 is 5.94. The molecule has 3 heteroatoms. The first-order chi connectivity index (χ1) is 10.2. The molecule has 2 nitrogen and oxygen atoms in total. The number of hydrogen-bond acceptors (Lipinski definition) is 2. The Bertz CT molecular complexity index is 534. The molecule has 2 rings (SSSR count). The van der Waals surface area contributed by atoms with Gasteiger partial charge in [-0.3, -0.25) is 4.98 Å². The van der Waals surface area contributed by atoms with Gasteiger partial charge in [-0.2, -0.15) is 0 Å². The van der Waals surface area contributed by atoms with Crippen molar-refractivity contribution in [3.8, 4) is 0 Å². The van der Waals surface area contributed by atoms with Crippen LogP contribution in [-0.4, -0.2) is 17.6 Å². The number of aryl methyl sites for hydroxylation is 1. The average Bonchev–Trinajstić information content (AvgIpc) is 2.50. The summed E-state index contributed by atoms with van der Waals surface area (Å²) in [7, 11) is 0. The molecule has 0 aliphatic rings. The molecule has 21 heavy (non-hydrogen) atoms. The number of halogens is 1. The molecule has 0 saturated carbocycles. The van der Waals surface area contributed by atoms with E-state index in [1.165, 1.54) is 11.1 Å². The molecule has 2 aromatic rings. The molecular formula is C18H23ClN2. The maximum Gasteiger partial charge on any atom is 0.0419 e. The highest BCUT2D eigenvalue weighted by Crippen LogP contribution is 2.13. The summed E-state index contributed by atoms with van der Waals surface area (Å²) in [4.78, 5) is 4.57. The smallest absolute Gasteiger partial charge is 0.0419 e. The first-order valence-electron chi connectivity index (χ1n) is 7.63. The number of nitrogens with one attached hydrogen (secondary N) is 1. The Morgan fingerprint density at radius 3 is 2.29 bits per heavy atom. The molecule has 1 aromatic heterocycles. The van der Waals surface area contributed by atoms with Gasteiger partial charge < -0.3 is 5.32 Å². The summed E-state index contributed by atoms with van der Waals surface area (Å²) < 4.78 is 0. The Kier molecular flexibility index (Phi) is 6.21. The van der Waals surface area contributed by atoms with Crippen LogP contribution < -0.4 is 5.32 Å². The maximum absolute atomic E-state index is 5.94. The van der Waals surface area contributed by atoms with Crippen LogP contribution in [0.5, 0.6) is 0 Å². The average molecular weight is 303 g/mol. The molecule has 0 aliphatic heterocycles. The Morgan fingerprint density at radius 1 is 1.00 bits per heavy atom. The van der Waals surface area contributed by atoms with Crippen molar-refractivity contribution in [1.82, 2.24) is 10.3 Å². The highest BCUT2D eigenvalue weighted by Gasteiger charge is 2.10. The van der Waals surface area contributed by atoms with Gasteiger partial charge >= 0.3 is 0 Å². The van der Waals surface area contributed by atoms with Crippen LogP contribution in [0.15, 0.2) is 42.6 Å². The second-order valence-electron chi connectivity index (χ2n) is 5.30. The number of pyridine rings is 1. The third-order valence-corrected chi connectivity index (χ3v) is 3.89. The predicted molar refractivity (Wildman–Crippen MR) is 89.9 cm³/mol. The SMILES string of the molecule is CCNC(Cc1ccc(Cl)cc1)Cc1ccc(CC)cn1. The zero-order valence-corrected chi connectivity index (χ0v) is 13.5. The Balaban J connectivity index is 2.02. The number of rotatable bonds is 7. The summed E-state index contributed by atoms with van der Waals surface area (Å²) in [5.74, 6) is 0. The molecule has 1 aromatic carbocycles. The van der Waals surface area contributed by atoms with Crippen molar-refractivity contribution >= 4 is 11.6 Å². The van der Waals surface area contributed by atoms with E-state index in [2.05, 4.69) is 48.4 Å². The molecule has 0 aliphatic carbocycles. The first-order valence-corrected chi connectivity index (χ1v) is 8.00. The van der Waals surface area contributed by atoms with Gasteiger partial charge in [-0.15, -0.1) is 0 Å². The van der Waals surface area contributed by atoms with Crippen LogP contribution in [0.1, 0.15) is 30.7 Å². The minimum atomic E-state index is 0.399. The third kappa shape index (κ3) is 5.14. The van der Waals surface area contributed by atoms with Crippen LogP contribution >= 0.6 is 11.6 Å². The van der Waals surface area contributed by atoms with Crippen LogP contribution in [0.25, 0.3) is 0 Å². The summed E-state index contributed by atoms with van der Waals surface area (Å²) in [5, 5.41) is 4.34. The van der Waals surface area contributed by atoms with Gasteiger partial charge in [0, 0.05) is 29.4 Å². The van der Waals surface area contributed by atoms with E-state index in [0.717, 1.165) is 36.5 Å². The van der Waals surface area contributed by atoms with Crippen LogP contribution in [0, 0.1) is 0 Å². The quantitative estimate of drug-likeness (QED) is 0.834. The van der Waals surface area contributed by atoms with Crippen molar-refractivity contribution in [1.29, 1.82) is 0 Å². The van der Waals surface area contributed by atoms with Crippen LogP contribution in [0.2, 0.25) is 5.02 Å². The molecule has 0 fully saturated rings. The van der Waals surface area contributed by atoms with Crippen molar-refractivity contribution in [2.45, 2.75) is 39.2 Å². The van der Waals surface area contributed by atoms with Crippen LogP contribution in [-0.2, 0) is 19.3 Å². The van der Waals surface area contributed by atoms with Gasteiger partial charge in [0.15, 0.2) is 0 Å². The summed E-state index contributed by atoms with van der Waals surface area (Å²) in [6, 6.07) is 12.8. The third-order valence-electron chi connectivity index (χ3n) is 3.64. The van der Waals surface area contributed by atoms with Gasteiger partial charge in [0.05, 0.1) is 0 Å². The fraction of sp³-hybridized carbons (Fsp3) is 0.389. The molecular weight excluding hydrogens is 280 g/mol. The molecule has 1 atom stereocenters. The highest BCUT2D eigenvalue weighted by molar-refractivity contribution is 6.30. The Labute approximate surface area is 132 Å². The minimum Gasteiger partial charge on any atom is -0.314 e. The van der Waals surface area contributed by atoms with Crippen LogP contribution in [0.3, 0.4) is 0 Å². The second-order valence-corrected chi connectivity index (χ2v) is 5.74. The Morgan fingerprint density at radius 2 is 1.71 bits per heavy atom. The zero-order valence-electron chi connectivity index (χ0n) is 12.8. The largest absolute Gasteiger partial charge is 0.314 e. The van der Waals surface area contributed by atoms with Crippen LogP contribution in [0.4, 0.5) is 0 Å². The zero-order chi connectivity index (χ0) is 15.1. The lowest BCUT2D eigenvalue weighted by Gasteiger charge is -2.18. The van der Waals surface area contributed by atoms with Gasteiger partial charge in [0.2, 0.25) is 0 Å². The lowest BCUT2D eigenvalue weighted by molar-refractivity contribution is 0.516. The lowest BCUT2D eigenvalue weighted by atomic mass is 10.0. The number of benzene rings is 1. The lowest BCUT2D eigenvalue weighted by Crippen LogP contribution is -2.33. The molecule has 1 N–H and O–H groups in total. The molecule has 0 radical (unpaired) electrons. The summed E-state index contributed by atoms with van der Waals surface area (Å²) in [5.41, 5.74) is 3.74. The van der Waals surface area contributed by atoms with Crippen molar-refractivity contribution in [2.75, 3.05) is 6.54 Å². The second kappa shape index (κ2) is 8.16. The number of hydrogen-bond donors (Lipinski definition) is 1. The van der Waals surface area contributed by atoms with Gasteiger partial charge in [-0.1, -0.05) is 43.6 Å². The molecule has 0 spiro atoms. The number of aromatic nitrogens is 1. The number of nitrogens with zero attached hydrogens (tertiary/aromatic N) is 1.